The molecule has 8 heteroatoms. The van der Waals surface area contributed by atoms with Crippen LogP contribution in [0.3, 0.4) is 0 Å². The summed E-state index contributed by atoms with van der Waals surface area (Å²) in [6.45, 7) is 0.246. The van der Waals surface area contributed by atoms with Crippen molar-refractivity contribution in [1.82, 2.24) is 4.31 Å². The molecule has 0 bridgehead atoms. The summed E-state index contributed by atoms with van der Waals surface area (Å²) in [4.78, 5) is 12.8. The number of hydrogen-bond donors (Lipinski definition) is 1. The van der Waals surface area contributed by atoms with Crippen molar-refractivity contribution in [3.63, 3.8) is 0 Å². The van der Waals surface area contributed by atoms with Gasteiger partial charge in [0.1, 0.15) is 17.6 Å². The van der Waals surface area contributed by atoms with Gasteiger partial charge in [-0.3, -0.25) is 4.79 Å². The van der Waals surface area contributed by atoms with Crippen molar-refractivity contribution in [3.05, 3.63) is 54.3 Å². The largest absolute Gasteiger partial charge is 0.497 e. The molecule has 1 aliphatic heterocycles. The third-order valence-corrected chi connectivity index (χ3v) is 6.44. The van der Waals surface area contributed by atoms with Crippen LogP contribution in [0.15, 0.2) is 53.4 Å². The minimum Gasteiger partial charge on any atom is -0.497 e. The predicted molar refractivity (Wildman–Crippen MR) is 99.6 cm³/mol. The molecule has 1 heterocycles. The van der Waals surface area contributed by atoms with Crippen LogP contribution in [0.25, 0.3) is 0 Å². The molecule has 1 amide bonds. The Labute approximate surface area is 158 Å². The Bertz CT molecular complexity index is 916. The standard InChI is InChI=1S/C19H21FN2O4S/c1-26-16-6-4-5-15(13-16)21-19(23)18-7-2-3-12-22(18)27(24,25)17-10-8-14(20)9-11-17/h4-6,8-11,13,18H,2-3,7,12H2,1H3,(H,21,23)/t18-/m0/s1. The predicted octanol–water partition coefficient (Wildman–Crippen LogP) is 3.02. The highest BCUT2D eigenvalue weighted by Gasteiger charge is 2.37. The lowest BCUT2D eigenvalue weighted by atomic mass is 10.0. The van der Waals surface area contributed by atoms with Crippen LogP contribution in [0.5, 0.6) is 5.75 Å². The van der Waals surface area contributed by atoms with Crippen LogP contribution in [0.2, 0.25) is 0 Å². The molecule has 2 aromatic carbocycles. The third kappa shape index (κ3) is 4.28. The highest BCUT2D eigenvalue weighted by atomic mass is 32.2. The van der Waals surface area contributed by atoms with E-state index in [1.807, 2.05) is 0 Å². The van der Waals surface area contributed by atoms with Crippen LogP contribution in [-0.2, 0) is 14.8 Å². The van der Waals surface area contributed by atoms with Crippen LogP contribution < -0.4 is 10.1 Å². The molecule has 6 nitrogen and oxygen atoms in total. The molecule has 0 unspecified atom stereocenters. The maximum absolute atomic E-state index is 13.1. The van der Waals surface area contributed by atoms with Gasteiger partial charge in [0.25, 0.3) is 0 Å². The molecular formula is C19H21FN2O4S. The summed E-state index contributed by atoms with van der Waals surface area (Å²) >= 11 is 0. The van der Waals surface area contributed by atoms with Crippen LogP contribution in [-0.4, -0.2) is 38.3 Å². The summed E-state index contributed by atoms with van der Waals surface area (Å²) < 4.78 is 45.4. The van der Waals surface area contributed by atoms with Gasteiger partial charge in [-0.1, -0.05) is 12.5 Å². The number of amides is 1. The van der Waals surface area contributed by atoms with E-state index in [4.69, 9.17) is 4.74 Å². The maximum atomic E-state index is 13.1. The second-order valence-electron chi connectivity index (χ2n) is 6.30. The molecule has 1 saturated heterocycles. The van der Waals surface area contributed by atoms with E-state index in [9.17, 15) is 17.6 Å². The average molecular weight is 392 g/mol. The monoisotopic (exact) mass is 392 g/mol. The van der Waals surface area contributed by atoms with Crippen molar-refractivity contribution in [3.8, 4) is 5.75 Å². The molecule has 0 aromatic heterocycles. The van der Waals surface area contributed by atoms with Gasteiger partial charge in [-0.25, -0.2) is 12.8 Å². The topological polar surface area (TPSA) is 75.7 Å². The van der Waals surface area contributed by atoms with E-state index in [1.165, 1.54) is 23.5 Å². The Morgan fingerprint density at radius 2 is 1.93 bits per heavy atom. The lowest BCUT2D eigenvalue weighted by molar-refractivity contribution is -0.120. The number of rotatable bonds is 5. The van der Waals surface area contributed by atoms with Gasteiger partial charge >= 0.3 is 0 Å². The molecule has 1 N–H and O–H groups in total. The van der Waals surface area contributed by atoms with E-state index in [1.54, 1.807) is 24.3 Å². The van der Waals surface area contributed by atoms with Crippen molar-refractivity contribution in [1.29, 1.82) is 0 Å². The molecular weight excluding hydrogens is 371 g/mol. The number of carbonyl (C=O) groups is 1. The summed E-state index contributed by atoms with van der Waals surface area (Å²) in [6.07, 6.45) is 1.85. The smallest absolute Gasteiger partial charge is 0.243 e. The zero-order valence-corrected chi connectivity index (χ0v) is 15.7. The molecule has 2 aromatic rings. The summed E-state index contributed by atoms with van der Waals surface area (Å²) in [5.41, 5.74) is 0.532. The lowest BCUT2D eigenvalue weighted by Crippen LogP contribution is -2.49. The molecule has 144 valence electrons. The minimum absolute atomic E-state index is 0.0232. The number of ether oxygens (including phenoxy) is 1. The van der Waals surface area contributed by atoms with Crippen molar-refractivity contribution in [2.24, 2.45) is 0 Å². The van der Waals surface area contributed by atoms with E-state index < -0.39 is 27.8 Å². The highest BCUT2D eigenvalue weighted by molar-refractivity contribution is 7.89. The highest BCUT2D eigenvalue weighted by Crippen LogP contribution is 2.27. The molecule has 1 aliphatic rings. The third-order valence-electron chi connectivity index (χ3n) is 4.51. The Balaban J connectivity index is 1.84. The fourth-order valence-corrected chi connectivity index (χ4v) is 4.78. The second kappa shape index (κ2) is 8.06. The van der Waals surface area contributed by atoms with Crippen LogP contribution in [0.4, 0.5) is 10.1 Å². The Hall–Kier alpha value is -2.45. The van der Waals surface area contributed by atoms with Crippen LogP contribution in [0, 0.1) is 5.82 Å². The molecule has 27 heavy (non-hydrogen) atoms. The van der Waals surface area contributed by atoms with E-state index >= 15 is 0 Å². The van der Waals surface area contributed by atoms with Gasteiger partial charge in [-0.2, -0.15) is 4.31 Å². The zero-order valence-electron chi connectivity index (χ0n) is 14.9. The lowest BCUT2D eigenvalue weighted by Gasteiger charge is -2.33. The zero-order chi connectivity index (χ0) is 19.4. The van der Waals surface area contributed by atoms with Gasteiger partial charge in [0.15, 0.2) is 0 Å². The molecule has 1 fully saturated rings. The van der Waals surface area contributed by atoms with Gasteiger partial charge in [-0.05, 0) is 49.2 Å². The first kappa shape index (κ1) is 19.3. The van der Waals surface area contributed by atoms with Crippen LogP contribution >= 0.6 is 0 Å². The fraction of sp³-hybridized carbons (Fsp3) is 0.316. The number of carbonyl (C=O) groups excluding carboxylic acids is 1. The Morgan fingerprint density at radius 1 is 1.19 bits per heavy atom. The molecule has 0 saturated carbocycles. The first-order chi connectivity index (χ1) is 12.9. The van der Waals surface area contributed by atoms with Gasteiger partial charge in [0.05, 0.1) is 12.0 Å². The Kier molecular flexibility index (Phi) is 5.76. The average Bonchev–Trinajstić information content (AvgIpc) is 2.68. The number of halogens is 1. The van der Waals surface area contributed by atoms with Gasteiger partial charge in [0, 0.05) is 18.3 Å². The first-order valence-corrected chi connectivity index (χ1v) is 10.1. The quantitative estimate of drug-likeness (QED) is 0.849. The number of nitrogens with one attached hydrogen (secondary N) is 1. The number of nitrogens with zero attached hydrogens (tertiary/aromatic N) is 1. The normalized spacial score (nSPS) is 18.1. The van der Waals surface area contributed by atoms with Gasteiger partial charge in [-0.15, -0.1) is 0 Å². The number of piperidine rings is 1. The van der Waals surface area contributed by atoms with Gasteiger partial charge in [0.2, 0.25) is 15.9 Å². The van der Waals surface area contributed by atoms with E-state index in [-0.39, 0.29) is 11.4 Å². The summed E-state index contributed by atoms with van der Waals surface area (Å²) in [6, 6.07) is 10.7. The van der Waals surface area contributed by atoms with Crippen molar-refractivity contribution in [2.45, 2.75) is 30.2 Å². The van der Waals surface area contributed by atoms with Crippen molar-refractivity contribution in [2.75, 3.05) is 19.0 Å². The SMILES string of the molecule is COc1cccc(NC(=O)[C@@H]2CCCCN2S(=O)(=O)c2ccc(F)cc2)c1. The number of methoxy groups -OCH3 is 1. The number of hydrogen-bond acceptors (Lipinski definition) is 4. The van der Waals surface area contributed by atoms with E-state index in [0.717, 1.165) is 18.6 Å². The van der Waals surface area contributed by atoms with Crippen molar-refractivity contribution >= 4 is 21.6 Å². The summed E-state index contributed by atoms with van der Waals surface area (Å²) in [5.74, 6) is -0.319. The first-order valence-electron chi connectivity index (χ1n) is 8.64. The fourth-order valence-electron chi connectivity index (χ4n) is 3.12. The van der Waals surface area contributed by atoms with E-state index in [2.05, 4.69) is 5.32 Å². The number of anilines is 1. The molecule has 1 atom stereocenters. The summed E-state index contributed by atoms with van der Waals surface area (Å²) in [5, 5.41) is 2.76. The second-order valence-corrected chi connectivity index (χ2v) is 8.19. The van der Waals surface area contributed by atoms with Crippen molar-refractivity contribution < 1.29 is 22.3 Å². The minimum atomic E-state index is -3.90. The molecule has 3 rings (SSSR count). The molecule has 0 radical (unpaired) electrons. The number of sulfonamides is 1. The maximum Gasteiger partial charge on any atom is 0.243 e. The number of benzene rings is 2. The van der Waals surface area contributed by atoms with Crippen LogP contribution in [0.1, 0.15) is 19.3 Å². The van der Waals surface area contributed by atoms with E-state index in [0.29, 0.717) is 24.3 Å². The summed E-state index contributed by atoms with van der Waals surface area (Å²) in [7, 11) is -2.37. The molecule has 0 aliphatic carbocycles. The van der Waals surface area contributed by atoms with Gasteiger partial charge < -0.3 is 10.1 Å². The Morgan fingerprint density at radius 3 is 2.63 bits per heavy atom. The molecule has 0 spiro atoms.